The number of allylic oxidation sites excluding steroid dienone is 1. The molecule has 6 nitrogen and oxygen atoms in total. The molecule has 1 aliphatic carbocycles. The van der Waals surface area contributed by atoms with E-state index in [1.807, 2.05) is 6.92 Å². The van der Waals surface area contributed by atoms with Crippen molar-refractivity contribution in [2.75, 3.05) is 22.3 Å². The van der Waals surface area contributed by atoms with Crippen LogP contribution in [0.3, 0.4) is 0 Å². The van der Waals surface area contributed by atoms with E-state index >= 15 is 0 Å². The molecule has 0 radical (unpaired) electrons. The summed E-state index contributed by atoms with van der Waals surface area (Å²) in [4.78, 5) is 0. The third kappa shape index (κ3) is 5.63. The molecule has 0 fully saturated rings. The Kier molecular flexibility index (Phi) is 6.18. The summed E-state index contributed by atoms with van der Waals surface area (Å²) >= 11 is 0. The van der Waals surface area contributed by atoms with Crippen molar-refractivity contribution < 1.29 is 8.42 Å². The van der Waals surface area contributed by atoms with Gasteiger partial charge in [0, 0.05) is 6.54 Å². The zero-order chi connectivity index (χ0) is 15.8. The minimum Gasteiger partial charge on any atom is -0.368 e. The summed E-state index contributed by atoms with van der Waals surface area (Å²) in [5.41, 5.74) is 1.51. The summed E-state index contributed by atoms with van der Waals surface area (Å²) in [6, 6.07) is 3.37. The van der Waals surface area contributed by atoms with Crippen LogP contribution >= 0.6 is 0 Å². The lowest BCUT2D eigenvalue weighted by molar-refractivity contribution is 0.599. The molecular formula is C15H24N4O2S. The van der Waals surface area contributed by atoms with Crippen molar-refractivity contribution in [3.8, 4) is 0 Å². The summed E-state index contributed by atoms with van der Waals surface area (Å²) in [7, 11) is -3.31. The second-order valence-corrected chi connectivity index (χ2v) is 7.35. The first-order valence-corrected chi connectivity index (χ1v) is 9.50. The van der Waals surface area contributed by atoms with Gasteiger partial charge in [-0.05, 0) is 50.7 Å². The Labute approximate surface area is 132 Å². The summed E-state index contributed by atoms with van der Waals surface area (Å²) < 4.78 is 25.7. The van der Waals surface area contributed by atoms with Crippen LogP contribution in [0.15, 0.2) is 23.8 Å². The highest BCUT2D eigenvalue weighted by molar-refractivity contribution is 7.92. The van der Waals surface area contributed by atoms with Crippen molar-refractivity contribution in [3.05, 3.63) is 23.8 Å². The second kappa shape index (κ2) is 8.12. The largest absolute Gasteiger partial charge is 0.368 e. The summed E-state index contributed by atoms with van der Waals surface area (Å²) in [5.74, 6) is 1.01. The molecule has 0 spiro atoms. The maximum atomic E-state index is 11.6. The molecule has 2 N–H and O–H groups in total. The second-order valence-electron chi connectivity index (χ2n) is 5.51. The topological polar surface area (TPSA) is 84.0 Å². The van der Waals surface area contributed by atoms with Crippen LogP contribution in [-0.4, -0.2) is 30.9 Å². The molecule has 122 valence electrons. The molecule has 0 bridgehead atoms. The molecule has 0 aromatic carbocycles. The zero-order valence-electron chi connectivity index (χ0n) is 13.0. The fourth-order valence-corrected chi connectivity index (χ4v) is 3.51. The summed E-state index contributed by atoms with van der Waals surface area (Å²) in [6.07, 6.45) is 8.91. The van der Waals surface area contributed by atoms with Gasteiger partial charge in [-0.1, -0.05) is 18.6 Å². The lowest BCUT2D eigenvalue weighted by Crippen LogP contribution is -2.17. The normalized spacial score (nSPS) is 15.2. The van der Waals surface area contributed by atoms with Gasteiger partial charge < -0.3 is 5.32 Å². The first-order chi connectivity index (χ1) is 10.6. The van der Waals surface area contributed by atoms with Crippen LogP contribution in [0, 0.1) is 0 Å². The first-order valence-electron chi connectivity index (χ1n) is 7.85. The molecule has 1 aromatic rings. The van der Waals surface area contributed by atoms with Gasteiger partial charge in [0.2, 0.25) is 10.0 Å². The van der Waals surface area contributed by atoms with Crippen molar-refractivity contribution in [1.82, 2.24) is 10.2 Å². The fourth-order valence-electron chi connectivity index (χ4n) is 2.44. The molecule has 0 saturated heterocycles. The maximum Gasteiger partial charge on any atom is 0.233 e. The van der Waals surface area contributed by atoms with Crippen molar-refractivity contribution in [1.29, 1.82) is 0 Å². The van der Waals surface area contributed by atoms with Gasteiger partial charge in [-0.3, -0.25) is 4.72 Å². The van der Waals surface area contributed by atoms with Crippen LogP contribution in [0.1, 0.15) is 45.4 Å². The molecular weight excluding hydrogens is 300 g/mol. The highest BCUT2D eigenvalue weighted by Crippen LogP contribution is 2.20. The van der Waals surface area contributed by atoms with Crippen LogP contribution in [0.25, 0.3) is 0 Å². The number of anilines is 2. The molecule has 0 atom stereocenters. The minimum atomic E-state index is -3.31. The van der Waals surface area contributed by atoms with E-state index in [2.05, 4.69) is 26.3 Å². The predicted molar refractivity (Wildman–Crippen MR) is 89.4 cm³/mol. The van der Waals surface area contributed by atoms with Crippen LogP contribution in [0.4, 0.5) is 11.6 Å². The van der Waals surface area contributed by atoms with Gasteiger partial charge in [-0.2, -0.15) is 0 Å². The number of hydrogen-bond donors (Lipinski definition) is 2. The molecule has 0 saturated carbocycles. The molecule has 0 amide bonds. The third-order valence-corrected chi connectivity index (χ3v) is 5.00. The Morgan fingerprint density at radius 2 is 1.95 bits per heavy atom. The van der Waals surface area contributed by atoms with Gasteiger partial charge in [-0.25, -0.2) is 8.42 Å². The quantitative estimate of drug-likeness (QED) is 0.718. The number of sulfonamides is 1. The van der Waals surface area contributed by atoms with Gasteiger partial charge in [0.05, 0.1) is 5.75 Å². The third-order valence-electron chi connectivity index (χ3n) is 3.53. The molecule has 1 aliphatic rings. The van der Waals surface area contributed by atoms with E-state index in [0.717, 1.165) is 13.0 Å². The van der Waals surface area contributed by atoms with Gasteiger partial charge in [0.1, 0.15) is 5.82 Å². The Balaban J connectivity index is 1.80. The fraction of sp³-hybridized carbons (Fsp3) is 0.600. The molecule has 22 heavy (non-hydrogen) atoms. The van der Waals surface area contributed by atoms with Crippen LogP contribution in [0.2, 0.25) is 0 Å². The monoisotopic (exact) mass is 324 g/mol. The molecule has 2 rings (SSSR count). The molecule has 0 aliphatic heterocycles. The van der Waals surface area contributed by atoms with Gasteiger partial charge in [-0.15, -0.1) is 10.2 Å². The van der Waals surface area contributed by atoms with Crippen molar-refractivity contribution in [2.24, 2.45) is 0 Å². The Hall–Kier alpha value is -1.63. The van der Waals surface area contributed by atoms with E-state index in [0.29, 0.717) is 12.2 Å². The summed E-state index contributed by atoms with van der Waals surface area (Å²) in [6.45, 7) is 2.64. The van der Waals surface area contributed by atoms with E-state index in [-0.39, 0.29) is 11.6 Å². The standard InChI is InChI=1S/C15H24N4O2S/c1-2-12-22(20,21)19-15-9-8-14(17-18-15)16-11-10-13-6-4-3-5-7-13/h6,8-9H,2-5,7,10-12H2,1H3,(H,16,17)(H,18,19). The Morgan fingerprint density at radius 3 is 2.59 bits per heavy atom. The highest BCUT2D eigenvalue weighted by atomic mass is 32.2. The van der Waals surface area contributed by atoms with Gasteiger partial charge >= 0.3 is 0 Å². The summed E-state index contributed by atoms with van der Waals surface area (Å²) in [5, 5.41) is 11.1. The van der Waals surface area contributed by atoms with Crippen molar-refractivity contribution >= 4 is 21.7 Å². The van der Waals surface area contributed by atoms with Crippen molar-refractivity contribution in [2.45, 2.75) is 45.4 Å². The van der Waals surface area contributed by atoms with E-state index in [1.54, 1.807) is 12.1 Å². The number of hydrogen-bond acceptors (Lipinski definition) is 5. The number of nitrogens with zero attached hydrogens (tertiary/aromatic N) is 2. The zero-order valence-corrected chi connectivity index (χ0v) is 13.8. The smallest absolute Gasteiger partial charge is 0.233 e. The van der Waals surface area contributed by atoms with E-state index in [4.69, 9.17) is 0 Å². The van der Waals surface area contributed by atoms with Gasteiger partial charge in [0.15, 0.2) is 5.82 Å². The van der Waals surface area contributed by atoms with Crippen molar-refractivity contribution in [3.63, 3.8) is 0 Å². The molecule has 0 unspecified atom stereocenters. The van der Waals surface area contributed by atoms with Gasteiger partial charge in [0.25, 0.3) is 0 Å². The highest BCUT2D eigenvalue weighted by Gasteiger charge is 2.10. The SMILES string of the molecule is CCCS(=O)(=O)Nc1ccc(NCCC2=CCCCC2)nn1. The average Bonchev–Trinajstić information content (AvgIpc) is 2.50. The van der Waals surface area contributed by atoms with E-state index < -0.39 is 10.0 Å². The van der Waals surface area contributed by atoms with Crippen LogP contribution in [-0.2, 0) is 10.0 Å². The average molecular weight is 324 g/mol. The molecule has 7 heteroatoms. The van der Waals surface area contributed by atoms with Crippen LogP contribution < -0.4 is 10.0 Å². The minimum absolute atomic E-state index is 0.0871. The molecule has 1 heterocycles. The lowest BCUT2D eigenvalue weighted by atomic mass is 9.97. The molecule has 1 aromatic heterocycles. The van der Waals surface area contributed by atoms with Crippen LogP contribution in [0.5, 0.6) is 0 Å². The number of nitrogens with one attached hydrogen (secondary N) is 2. The number of rotatable bonds is 8. The maximum absolute atomic E-state index is 11.6. The Morgan fingerprint density at radius 1 is 1.18 bits per heavy atom. The van der Waals surface area contributed by atoms with E-state index in [9.17, 15) is 8.42 Å². The Bertz CT molecular complexity index is 596. The first kappa shape index (κ1) is 16.7. The number of aromatic nitrogens is 2. The lowest BCUT2D eigenvalue weighted by Gasteiger charge is -2.13. The van der Waals surface area contributed by atoms with E-state index in [1.165, 1.54) is 31.3 Å². The predicted octanol–water partition coefficient (Wildman–Crippen LogP) is 2.93.